The Morgan fingerprint density at radius 3 is 2.50 bits per heavy atom. The van der Waals surface area contributed by atoms with Gasteiger partial charge in [-0.3, -0.25) is 0 Å². The molecule has 0 spiro atoms. The summed E-state index contributed by atoms with van der Waals surface area (Å²) in [7, 11) is 0. The molecule has 1 aromatic heterocycles. The van der Waals surface area contributed by atoms with Crippen molar-refractivity contribution >= 4 is 0 Å². The molecule has 0 fully saturated rings. The van der Waals surface area contributed by atoms with Gasteiger partial charge < -0.3 is 4.98 Å². The van der Waals surface area contributed by atoms with Crippen molar-refractivity contribution in [2.75, 3.05) is 0 Å². The fourth-order valence-corrected chi connectivity index (χ4v) is 2.11. The van der Waals surface area contributed by atoms with Gasteiger partial charge in [0.15, 0.2) is 0 Å². The second-order valence-electron chi connectivity index (χ2n) is 4.43. The molecular formula is C13H23N. The monoisotopic (exact) mass is 193 g/mol. The molecule has 1 aromatic rings. The lowest BCUT2D eigenvalue weighted by Gasteiger charge is -2.10. The topological polar surface area (TPSA) is 15.8 Å². The molecule has 1 N–H and O–H groups in total. The lowest BCUT2D eigenvalue weighted by Crippen LogP contribution is -1.94. The smallest absolute Gasteiger partial charge is 0.0152 e. The van der Waals surface area contributed by atoms with Crippen molar-refractivity contribution in [3.05, 3.63) is 23.0 Å². The first-order valence-corrected chi connectivity index (χ1v) is 5.81. The van der Waals surface area contributed by atoms with Crippen LogP contribution >= 0.6 is 0 Å². The predicted molar refractivity (Wildman–Crippen MR) is 62.8 cm³/mol. The van der Waals surface area contributed by atoms with Crippen molar-refractivity contribution in [1.29, 1.82) is 0 Å². The van der Waals surface area contributed by atoms with Gasteiger partial charge in [0, 0.05) is 11.4 Å². The van der Waals surface area contributed by atoms with Crippen LogP contribution in [0.25, 0.3) is 0 Å². The van der Waals surface area contributed by atoms with Crippen LogP contribution in [0, 0.1) is 13.8 Å². The summed E-state index contributed by atoms with van der Waals surface area (Å²) in [6, 6.07) is 2.30. The lowest BCUT2D eigenvalue weighted by atomic mass is 9.95. The number of aromatic nitrogens is 1. The summed E-state index contributed by atoms with van der Waals surface area (Å²) in [4.78, 5) is 3.38. The molecule has 0 aliphatic heterocycles. The van der Waals surface area contributed by atoms with Crippen LogP contribution < -0.4 is 0 Å². The fourth-order valence-electron chi connectivity index (χ4n) is 2.11. The molecule has 0 saturated carbocycles. The average Bonchev–Trinajstić information content (AvgIpc) is 2.45. The highest BCUT2D eigenvalue weighted by atomic mass is 14.7. The number of H-pyrrole nitrogens is 1. The van der Waals surface area contributed by atoms with Crippen LogP contribution in [0.15, 0.2) is 6.07 Å². The summed E-state index contributed by atoms with van der Waals surface area (Å²) >= 11 is 0. The largest absolute Gasteiger partial charge is 0.362 e. The Morgan fingerprint density at radius 1 is 1.29 bits per heavy atom. The normalized spacial score (nSPS) is 13.1. The van der Waals surface area contributed by atoms with E-state index in [2.05, 4.69) is 38.7 Å². The van der Waals surface area contributed by atoms with Crippen LogP contribution in [-0.2, 0) is 0 Å². The molecule has 0 bridgehead atoms. The zero-order chi connectivity index (χ0) is 10.6. The van der Waals surface area contributed by atoms with E-state index >= 15 is 0 Å². The Balaban J connectivity index is 2.51. The summed E-state index contributed by atoms with van der Waals surface area (Å²) in [5.41, 5.74) is 4.16. The van der Waals surface area contributed by atoms with Crippen LogP contribution in [0.3, 0.4) is 0 Å². The number of unbranched alkanes of at least 4 members (excludes halogenated alkanes) is 2. The number of hydrogen-bond acceptors (Lipinski definition) is 0. The van der Waals surface area contributed by atoms with Crippen LogP contribution in [0.5, 0.6) is 0 Å². The Hall–Kier alpha value is -0.720. The van der Waals surface area contributed by atoms with Gasteiger partial charge in [-0.25, -0.2) is 0 Å². The first-order valence-electron chi connectivity index (χ1n) is 5.81. The maximum Gasteiger partial charge on any atom is 0.0152 e. The second-order valence-corrected chi connectivity index (χ2v) is 4.43. The molecule has 0 aliphatic carbocycles. The lowest BCUT2D eigenvalue weighted by molar-refractivity contribution is 0.596. The predicted octanol–water partition coefficient (Wildman–Crippen LogP) is 4.32. The Kier molecular flexibility index (Phi) is 4.24. The molecule has 14 heavy (non-hydrogen) atoms. The Morgan fingerprint density at radius 2 is 2.00 bits per heavy atom. The van der Waals surface area contributed by atoms with Crippen molar-refractivity contribution in [3.8, 4) is 0 Å². The Labute approximate surface area is 87.9 Å². The molecule has 0 radical (unpaired) electrons. The van der Waals surface area contributed by atoms with Gasteiger partial charge in [-0.2, -0.15) is 0 Å². The van der Waals surface area contributed by atoms with Gasteiger partial charge in [0.2, 0.25) is 0 Å². The molecule has 1 heteroatoms. The molecule has 1 nitrogen and oxygen atoms in total. The third kappa shape index (κ3) is 2.90. The molecule has 0 saturated heterocycles. The van der Waals surface area contributed by atoms with Gasteiger partial charge >= 0.3 is 0 Å². The SMILES string of the molecule is CCCCCC(C)c1cc(C)[nH]c1C. The van der Waals surface area contributed by atoms with Crippen molar-refractivity contribution in [1.82, 2.24) is 4.98 Å². The van der Waals surface area contributed by atoms with Gasteiger partial charge in [-0.05, 0) is 37.8 Å². The first kappa shape index (κ1) is 11.4. The van der Waals surface area contributed by atoms with Gasteiger partial charge in [-0.1, -0.05) is 33.1 Å². The van der Waals surface area contributed by atoms with E-state index in [-0.39, 0.29) is 0 Å². The van der Waals surface area contributed by atoms with Crippen molar-refractivity contribution in [2.45, 2.75) is 59.3 Å². The van der Waals surface area contributed by atoms with Crippen molar-refractivity contribution in [3.63, 3.8) is 0 Å². The van der Waals surface area contributed by atoms with E-state index in [1.54, 1.807) is 0 Å². The number of nitrogens with one attached hydrogen (secondary N) is 1. The van der Waals surface area contributed by atoms with E-state index in [0.717, 1.165) is 0 Å². The molecule has 0 aromatic carbocycles. The highest BCUT2D eigenvalue weighted by molar-refractivity contribution is 5.27. The fraction of sp³-hybridized carbons (Fsp3) is 0.692. The highest BCUT2D eigenvalue weighted by Gasteiger charge is 2.09. The van der Waals surface area contributed by atoms with E-state index < -0.39 is 0 Å². The summed E-state index contributed by atoms with van der Waals surface area (Å²) < 4.78 is 0. The van der Waals surface area contributed by atoms with Crippen molar-refractivity contribution < 1.29 is 0 Å². The minimum atomic E-state index is 0.714. The van der Waals surface area contributed by atoms with E-state index in [1.807, 2.05) is 0 Å². The number of aromatic amines is 1. The van der Waals surface area contributed by atoms with E-state index in [1.165, 1.54) is 42.6 Å². The van der Waals surface area contributed by atoms with Crippen LogP contribution in [0.4, 0.5) is 0 Å². The zero-order valence-corrected chi connectivity index (χ0v) is 9.98. The molecular weight excluding hydrogens is 170 g/mol. The standard InChI is InChI=1S/C13H23N/c1-5-6-7-8-10(2)13-9-11(3)14-12(13)4/h9-10,14H,5-8H2,1-4H3. The highest BCUT2D eigenvalue weighted by Crippen LogP contribution is 2.25. The maximum absolute atomic E-state index is 3.38. The third-order valence-electron chi connectivity index (χ3n) is 2.96. The third-order valence-corrected chi connectivity index (χ3v) is 2.96. The van der Waals surface area contributed by atoms with E-state index in [9.17, 15) is 0 Å². The summed E-state index contributed by atoms with van der Waals surface area (Å²) in [5.74, 6) is 0.714. The second kappa shape index (κ2) is 5.23. The first-order chi connectivity index (χ1) is 6.65. The summed E-state index contributed by atoms with van der Waals surface area (Å²) in [6.45, 7) is 8.91. The minimum absolute atomic E-state index is 0.714. The van der Waals surface area contributed by atoms with Gasteiger partial charge in [0.25, 0.3) is 0 Å². The molecule has 0 amide bonds. The number of hydrogen-bond donors (Lipinski definition) is 1. The van der Waals surface area contributed by atoms with Crippen molar-refractivity contribution in [2.24, 2.45) is 0 Å². The van der Waals surface area contributed by atoms with E-state index in [0.29, 0.717) is 5.92 Å². The van der Waals surface area contributed by atoms with Crippen LogP contribution in [-0.4, -0.2) is 4.98 Å². The minimum Gasteiger partial charge on any atom is -0.362 e. The molecule has 80 valence electrons. The molecule has 1 unspecified atom stereocenters. The van der Waals surface area contributed by atoms with E-state index in [4.69, 9.17) is 0 Å². The molecule has 0 aliphatic rings. The molecule has 1 atom stereocenters. The van der Waals surface area contributed by atoms with Gasteiger partial charge in [-0.15, -0.1) is 0 Å². The zero-order valence-electron chi connectivity index (χ0n) is 9.98. The molecule has 1 heterocycles. The number of rotatable bonds is 5. The quantitative estimate of drug-likeness (QED) is 0.670. The van der Waals surface area contributed by atoms with Gasteiger partial charge in [0.1, 0.15) is 0 Å². The summed E-state index contributed by atoms with van der Waals surface area (Å²) in [6.07, 6.45) is 5.37. The molecule has 1 rings (SSSR count). The Bertz CT molecular complexity index is 273. The van der Waals surface area contributed by atoms with Crippen LogP contribution in [0.1, 0.15) is 62.4 Å². The maximum atomic E-state index is 3.38. The average molecular weight is 193 g/mol. The number of aryl methyl sites for hydroxylation is 2. The van der Waals surface area contributed by atoms with Crippen LogP contribution in [0.2, 0.25) is 0 Å². The summed E-state index contributed by atoms with van der Waals surface area (Å²) in [5, 5.41) is 0. The van der Waals surface area contributed by atoms with Gasteiger partial charge in [0.05, 0.1) is 0 Å².